The number of aliphatic hydroxyl groups excluding tert-OH is 1. The van der Waals surface area contributed by atoms with Crippen LogP contribution in [0.4, 0.5) is 17.1 Å². The Balaban J connectivity index is 0.000000153. The molecule has 0 aliphatic carbocycles. The highest BCUT2D eigenvalue weighted by atomic mass is 16.2. The minimum atomic E-state index is 0. The lowest BCUT2D eigenvalue weighted by atomic mass is 9.91. The number of nitrogen functional groups attached to an aromatic ring is 2. The zero-order valence-corrected chi connectivity index (χ0v) is 28.0. The van der Waals surface area contributed by atoms with E-state index < -0.39 is 0 Å². The third-order valence-electron chi connectivity index (χ3n) is 8.60. The van der Waals surface area contributed by atoms with Gasteiger partial charge in [0, 0.05) is 46.3 Å². The largest absolute Gasteiger partial charge is 0.398 e. The first-order valence-electron chi connectivity index (χ1n) is 16.6. The number of aliphatic imine (C=N–C) groups is 1. The predicted molar refractivity (Wildman–Crippen MR) is 219 cm³/mol. The summed E-state index contributed by atoms with van der Waals surface area (Å²) >= 11 is 0. The molecule has 0 unspecified atom stereocenters. The number of nitrogens with zero attached hydrogens (tertiary/aromatic N) is 1. The number of rotatable bonds is 2. The predicted octanol–water partition coefficient (Wildman–Crippen LogP) is 11.0. The van der Waals surface area contributed by atoms with Gasteiger partial charge in [-0.1, -0.05) is 147 Å². The van der Waals surface area contributed by atoms with Gasteiger partial charge in [-0.15, -0.1) is 0 Å². The Morgan fingerprint density at radius 1 is 0.588 bits per heavy atom. The minimum Gasteiger partial charge on any atom is -0.398 e. The van der Waals surface area contributed by atoms with Crippen molar-refractivity contribution in [1.82, 2.24) is 0 Å². The quantitative estimate of drug-likeness (QED) is 0.126. The first-order valence-corrected chi connectivity index (χ1v) is 16.6. The maximum atomic E-state index is 10.6. The van der Waals surface area contributed by atoms with Gasteiger partial charge in [0.25, 0.3) is 0 Å². The fourth-order valence-electron chi connectivity index (χ4n) is 6.39. The molecule has 1 heterocycles. The molecule has 5 N–H and O–H groups in total. The summed E-state index contributed by atoms with van der Waals surface area (Å²) in [4.78, 5) is 15.6. The van der Waals surface area contributed by atoms with Crippen molar-refractivity contribution in [3.8, 4) is 0 Å². The smallest absolute Gasteiger partial charge is 0.150 e. The van der Waals surface area contributed by atoms with Crippen molar-refractivity contribution in [2.24, 2.45) is 4.99 Å². The highest BCUT2D eigenvalue weighted by Gasteiger charge is 2.17. The van der Waals surface area contributed by atoms with Gasteiger partial charge >= 0.3 is 0 Å². The third kappa shape index (κ3) is 7.96. The molecule has 0 fully saturated rings. The Kier molecular flexibility index (Phi) is 11.9. The topological polar surface area (TPSA) is 102 Å². The highest BCUT2D eigenvalue weighted by molar-refractivity contribution is 6.16. The monoisotopic (exact) mass is 669 g/mol. The first kappa shape index (κ1) is 36.0. The first-order chi connectivity index (χ1) is 24.5. The van der Waals surface area contributed by atoms with E-state index in [1.54, 1.807) is 6.92 Å². The molecule has 5 nitrogen and oxygen atoms in total. The average Bonchev–Trinajstić information content (AvgIpc) is 3.15. The second kappa shape index (κ2) is 16.9. The SMILES string of the molecule is C.CCO.Nc1cccc2cccc(N)c12.O=Cc1cccc2ccccc12.c1ccc2c(C3=Nc4cccc5cccc(c45)C3)cccc2c1. The van der Waals surface area contributed by atoms with Crippen molar-refractivity contribution in [1.29, 1.82) is 0 Å². The summed E-state index contributed by atoms with van der Waals surface area (Å²) in [6.07, 6.45) is 1.78. The van der Waals surface area contributed by atoms with Crippen LogP contribution in [-0.4, -0.2) is 23.7 Å². The Bertz CT molecular complexity index is 2410. The number of nitrogens with two attached hydrogens (primary N) is 2. The molecule has 0 bridgehead atoms. The standard InChI is InChI=1S/C22H15N.C11H8O.C10H10N2.C2H6O.CH4/c1-2-11-18-15(6-1)7-4-12-19(18)21-14-17-10-3-8-16-9-5-13-20(23-21)22(16)17;12-8-10-6-3-5-9-4-1-2-7-11(9)10;11-8-5-1-3-7-4-2-6-9(12)10(7)8;1-2-3;/h1-13H,14H2;1-8H;1-6H,11-12H2;3H,2H2,1H3;1H4. The number of aliphatic hydroxyl groups is 1. The van der Waals surface area contributed by atoms with Gasteiger partial charge in [0.15, 0.2) is 6.29 Å². The molecule has 9 rings (SSSR count). The summed E-state index contributed by atoms with van der Waals surface area (Å²) < 4.78 is 0. The van der Waals surface area contributed by atoms with E-state index in [2.05, 4.69) is 78.9 Å². The molecule has 5 heteroatoms. The van der Waals surface area contributed by atoms with Gasteiger partial charge in [0.2, 0.25) is 0 Å². The fourth-order valence-corrected chi connectivity index (χ4v) is 6.39. The highest BCUT2D eigenvalue weighted by Crippen LogP contribution is 2.35. The summed E-state index contributed by atoms with van der Waals surface area (Å²) in [7, 11) is 0. The molecule has 1 aliphatic rings. The Hall–Kier alpha value is -6.30. The Labute approximate surface area is 299 Å². The lowest BCUT2D eigenvalue weighted by Crippen LogP contribution is -2.09. The van der Waals surface area contributed by atoms with Gasteiger partial charge in [0.1, 0.15) is 0 Å². The molecule has 8 aromatic carbocycles. The third-order valence-corrected chi connectivity index (χ3v) is 8.60. The number of fused-ring (bicyclic) bond motifs is 3. The van der Waals surface area contributed by atoms with Crippen LogP contribution in [0.3, 0.4) is 0 Å². The number of hydrogen-bond acceptors (Lipinski definition) is 5. The van der Waals surface area contributed by atoms with Gasteiger partial charge in [-0.05, 0) is 63.0 Å². The van der Waals surface area contributed by atoms with Crippen LogP contribution < -0.4 is 11.5 Å². The summed E-state index contributed by atoms with van der Waals surface area (Å²) in [6.45, 7) is 1.93. The van der Waals surface area contributed by atoms with Crippen molar-refractivity contribution in [2.75, 3.05) is 18.1 Å². The van der Waals surface area contributed by atoms with Crippen molar-refractivity contribution in [3.05, 3.63) is 174 Å². The number of carbonyl (C=O) groups is 1. The molecule has 0 saturated heterocycles. The second-order valence-corrected chi connectivity index (χ2v) is 11.8. The van der Waals surface area contributed by atoms with Crippen LogP contribution >= 0.6 is 0 Å². The molecule has 1 aliphatic heterocycles. The average molecular weight is 670 g/mol. The van der Waals surface area contributed by atoms with E-state index in [-0.39, 0.29) is 14.0 Å². The van der Waals surface area contributed by atoms with Gasteiger partial charge in [-0.3, -0.25) is 9.79 Å². The molecule has 0 aromatic heterocycles. The zero-order valence-electron chi connectivity index (χ0n) is 28.0. The molecule has 0 atom stereocenters. The summed E-state index contributed by atoms with van der Waals surface area (Å²) in [5.41, 5.74) is 18.7. The number of benzene rings is 8. The molecule has 0 spiro atoms. The number of hydrogen-bond donors (Lipinski definition) is 3. The minimum absolute atomic E-state index is 0. The van der Waals surface area contributed by atoms with Crippen LogP contribution in [0.2, 0.25) is 0 Å². The van der Waals surface area contributed by atoms with Crippen molar-refractivity contribution < 1.29 is 9.90 Å². The van der Waals surface area contributed by atoms with Crippen molar-refractivity contribution in [2.45, 2.75) is 20.8 Å². The van der Waals surface area contributed by atoms with E-state index in [1.807, 2.05) is 78.9 Å². The Morgan fingerprint density at radius 3 is 1.69 bits per heavy atom. The summed E-state index contributed by atoms with van der Waals surface area (Å²) in [6, 6.07) is 53.1. The maximum absolute atomic E-state index is 10.6. The lowest BCUT2D eigenvalue weighted by Gasteiger charge is -2.18. The van der Waals surface area contributed by atoms with E-state index in [1.165, 1.54) is 32.7 Å². The molecule has 0 saturated carbocycles. The molecule has 0 amide bonds. The molecule has 254 valence electrons. The van der Waals surface area contributed by atoms with Crippen LogP contribution in [0, 0.1) is 0 Å². The van der Waals surface area contributed by atoms with Gasteiger partial charge in [-0.2, -0.15) is 0 Å². The summed E-state index contributed by atoms with van der Waals surface area (Å²) in [5, 5.41) is 16.9. The van der Waals surface area contributed by atoms with Crippen LogP contribution in [0.5, 0.6) is 0 Å². The Morgan fingerprint density at radius 2 is 1.06 bits per heavy atom. The van der Waals surface area contributed by atoms with Crippen molar-refractivity contribution in [3.63, 3.8) is 0 Å². The number of anilines is 2. The number of carbonyl (C=O) groups excluding carboxylic acids is 1. The van der Waals surface area contributed by atoms with Gasteiger partial charge in [0.05, 0.1) is 11.4 Å². The molecule has 0 radical (unpaired) electrons. The van der Waals surface area contributed by atoms with Crippen molar-refractivity contribution >= 4 is 72.1 Å². The van der Waals surface area contributed by atoms with Crippen LogP contribution in [-0.2, 0) is 6.42 Å². The lowest BCUT2D eigenvalue weighted by molar-refractivity contribution is 0.112. The maximum Gasteiger partial charge on any atom is 0.150 e. The normalized spacial score (nSPS) is 11.1. The van der Waals surface area contributed by atoms with E-state index in [9.17, 15) is 4.79 Å². The van der Waals surface area contributed by atoms with Crippen LogP contribution in [0.15, 0.2) is 163 Å². The molecular formula is C46H43N3O2. The fraction of sp³-hybridized carbons (Fsp3) is 0.0870. The number of aldehydes is 1. The van der Waals surface area contributed by atoms with E-state index in [4.69, 9.17) is 21.6 Å². The molecule has 8 aromatic rings. The van der Waals surface area contributed by atoms with Gasteiger partial charge in [-0.25, -0.2) is 0 Å². The van der Waals surface area contributed by atoms with E-state index >= 15 is 0 Å². The molecular weight excluding hydrogens is 627 g/mol. The second-order valence-electron chi connectivity index (χ2n) is 11.8. The van der Waals surface area contributed by atoms with E-state index in [0.717, 1.165) is 62.6 Å². The molecule has 51 heavy (non-hydrogen) atoms. The summed E-state index contributed by atoms with van der Waals surface area (Å²) in [5.74, 6) is 0. The van der Waals surface area contributed by atoms with Crippen LogP contribution in [0.25, 0.3) is 43.1 Å². The zero-order chi connectivity index (χ0) is 34.9. The van der Waals surface area contributed by atoms with E-state index in [0.29, 0.717) is 0 Å². The van der Waals surface area contributed by atoms with Crippen LogP contribution in [0.1, 0.15) is 35.8 Å². The van der Waals surface area contributed by atoms with Gasteiger partial charge < -0.3 is 16.6 Å².